The molecule has 0 radical (unpaired) electrons. The summed E-state index contributed by atoms with van der Waals surface area (Å²) in [6.45, 7) is 0. The van der Waals surface area contributed by atoms with Crippen molar-refractivity contribution in [2.45, 2.75) is 53.3 Å². The Morgan fingerprint density at radius 1 is 0.633 bits per heavy atom. The number of rotatable bonds is 8. The summed E-state index contributed by atoms with van der Waals surface area (Å²) in [6, 6.07) is 0. The summed E-state index contributed by atoms with van der Waals surface area (Å²) in [5.74, 6) is -30.7. The molecule has 0 fully saturated rings. The van der Waals surface area contributed by atoms with E-state index in [9.17, 15) is 70.2 Å². The van der Waals surface area contributed by atoms with Crippen molar-refractivity contribution >= 4 is 34.8 Å². The van der Waals surface area contributed by atoms with Gasteiger partial charge in [-0.15, -0.1) is 0 Å². The lowest BCUT2D eigenvalue weighted by atomic mass is 9.86. The van der Waals surface area contributed by atoms with E-state index in [1.165, 1.54) is 0 Å². The lowest BCUT2D eigenvalue weighted by Crippen LogP contribution is -2.70. The summed E-state index contributed by atoms with van der Waals surface area (Å²) in [4.78, 5) is 0. The standard InChI is InChI=1S/C11H3Cl3F16/c12-1-2(13)5(17,11(28,29)30)6(18,19)3(15)7(20,21)10(26,27)8(22,23)4(16)9(14,24)25/h1,3-4H. The Morgan fingerprint density at radius 3 is 1.23 bits per heavy atom. The van der Waals surface area contributed by atoms with Gasteiger partial charge in [-0.05, 0) is 11.6 Å². The molecule has 0 aromatic rings. The van der Waals surface area contributed by atoms with Crippen molar-refractivity contribution in [2.24, 2.45) is 0 Å². The molecule has 0 saturated heterocycles. The van der Waals surface area contributed by atoms with Crippen LogP contribution in [-0.4, -0.2) is 53.3 Å². The van der Waals surface area contributed by atoms with E-state index in [0.717, 1.165) is 0 Å². The number of halogens is 19. The molecule has 0 amide bonds. The van der Waals surface area contributed by atoms with Gasteiger partial charge in [-0.25, -0.2) is 13.2 Å². The van der Waals surface area contributed by atoms with Gasteiger partial charge in [0.05, 0.1) is 5.03 Å². The molecular formula is C11H3Cl3F16. The minimum atomic E-state index is -7.91. The van der Waals surface area contributed by atoms with E-state index < -0.39 is 63.8 Å². The predicted octanol–water partition coefficient (Wildman–Crippen LogP) is 7.63. The van der Waals surface area contributed by atoms with Gasteiger partial charge in [-0.1, -0.05) is 23.2 Å². The highest BCUT2D eigenvalue weighted by atomic mass is 35.5. The highest BCUT2D eigenvalue weighted by Gasteiger charge is 2.87. The summed E-state index contributed by atoms with van der Waals surface area (Å²) in [5, 5.41) is -9.08. The van der Waals surface area contributed by atoms with E-state index in [2.05, 4.69) is 34.8 Å². The molecule has 0 N–H and O–H groups in total. The first-order valence-corrected chi connectivity index (χ1v) is 7.56. The molecule has 0 aromatic heterocycles. The molecule has 0 saturated carbocycles. The lowest BCUT2D eigenvalue weighted by Gasteiger charge is -2.41. The maximum absolute atomic E-state index is 13.9. The fraction of sp³-hybridized carbons (Fsp3) is 0.818. The van der Waals surface area contributed by atoms with Gasteiger partial charge >= 0.3 is 40.9 Å². The summed E-state index contributed by atoms with van der Waals surface area (Å²) < 4.78 is 210. The third-order valence-electron chi connectivity index (χ3n) is 3.35. The SMILES string of the molecule is FC(C(F)(F)Cl)C(F)(F)C(F)(F)C(F)(F)C(F)C(F)(F)C(F)(C(Cl)=CCl)C(F)(F)F. The minimum absolute atomic E-state index is 0.911. The summed E-state index contributed by atoms with van der Waals surface area (Å²) in [5.41, 5.74) is -7.71. The minimum Gasteiger partial charge on any atom is -0.234 e. The first-order valence-electron chi connectivity index (χ1n) is 6.37. The quantitative estimate of drug-likeness (QED) is 0.217. The molecule has 0 nitrogen and oxygen atoms in total. The number of allylic oxidation sites excluding steroid dienone is 1. The average Bonchev–Trinajstić information content (AvgIpc) is 2.56. The monoisotopic (exact) mass is 544 g/mol. The molecule has 0 rings (SSSR count). The molecule has 0 aliphatic rings. The average molecular weight is 545 g/mol. The zero-order chi connectivity index (χ0) is 24.9. The van der Waals surface area contributed by atoms with E-state index in [1.807, 2.05) is 0 Å². The van der Waals surface area contributed by atoms with Gasteiger partial charge in [0.15, 0.2) is 0 Å². The van der Waals surface area contributed by atoms with E-state index in [-0.39, 0.29) is 0 Å². The maximum atomic E-state index is 13.9. The lowest BCUT2D eigenvalue weighted by molar-refractivity contribution is -0.379. The summed E-state index contributed by atoms with van der Waals surface area (Å²) in [6.07, 6.45) is -19.5. The first kappa shape index (κ1) is 29.5. The zero-order valence-electron chi connectivity index (χ0n) is 12.9. The molecule has 3 unspecified atom stereocenters. The van der Waals surface area contributed by atoms with Crippen molar-refractivity contribution in [2.75, 3.05) is 0 Å². The summed E-state index contributed by atoms with van der Waals surface area (Å²) in [7, 11) is 0. The van der Waals surface area contributed by atoms with Crippen LogP contribution in [0.1, 0.15) is 0 Å². The molecule has 0 spiro atoms. The van der Waals surface area contributed by atoms with Gasteiger partial charge in [-0.3, -0.25) is 0 Å². The van der Waals surface area contributed by atoms with Crippen LogP contribution in [0.2, 0.25) is 0 Å². The molecule has 0 aromatic carbocycles. The van der Waals surface area contributed by atoms with Crippen molar-refractivity contribution < 1.29 is 70.2 Å². The first-order chi connectivity index (χ1) is 12.8. The zero-order valence-corrected chi connectivity index (χ0v) is 15.2. The fourth-order valence-electron chi connectivity index (χ4n) is 1.71. The van der Waals surface area contributed by atoms with Crippen LogP contribution in [0.15, 0.2) is 10.6 Å². The van der Waals surface area contributed by atoms with E-state index >= 15 is 0 Å². The summed E-state index contributed by atoms with van der Waals surface area (Å²) >= 11 is 12.4. The number of hydrogen-bond acceptors (Lipinski definition) is 0. The largest absolute Gasteiger partial charge is 0.433 e. The molecule has 0 aliphatic carbocycles. The molecule has 0 heterocycles. The van der Waals surface area contributed by atoms with Crippen LogP contribution in [0, 0.1) is 0 Å². The smallest absolute Gasteiger partial charge is 0.234 e. The molecule has 0 bridgehead atoms. The second kappa shape index (κ2) is 8.12. The number of hydrogen-bond donors (Lipinski definition) is 0. The van der Waals surface area contributed by atoms with Crippen LogP contribution in [0.25, 0.3) is 0 Å². The molecule has 180 valence electrons. The van der Waals surface area contributed by atoms with Crippen LogP contribution in [0.5, 0.6) is 0 Å². The Labute approximate surface area is 169 Å². The highest BCUT2D eigenvalue weighted by Crippen LogP contribution is 2.60. The van der Waals surface area contributed by atoms with E-state index in [0.29, 0.717) is 0 Å². The van der Waals surface area contributed by atoms with Crippen LogP contribution in [0.3, 0.4) is 0 Å². The van der Waals surface area contributed by atoms with Crippen LogP contribution < -0.4 is 0 Å². The van der Waals surface area contributed by atoms with Gasteiger partial charge in [0, 0.05) is 5.54 Å². The second-order valence-electron chi connectivity index (χ2n) is 5.32. The molecule has 30 heavy (non-hydrogen) atoms. The third kappa shape index (κ3) is 4.24. The normalized spacial score (nSPS) is 20.0. The Kier molecular flexibility index (Phi) is 7.98. The van der Waals surface area contributed by atoms with Crippen LogP contribution >= 0.6 is 34.8 Å². The Bertz CT molecular complexity index is 650. The Morgan fingerprint density at radius 2 is 0.967 bits per heavy atom. The van der Waals surface area contributed by atoms with Gasteiger partial charge in [-0.2, -0.15) is 57.1 Å². The molecule has 0 aliphatic heterocycles. The predicted molar refractivity (Wildman–Crippen MR) is 70.1 cm³/mol. The van der Waals surface area contributed by atoms with Crippen molar-refractivity contribution in [1.82, 2.24) is 0 Å². The second-order valence-corrected chi connectivity index (χ2v) is 6.45. The van der Waals surface area contributed by atoms with Gasteiger partial charge in [0.25, 0.3) is 0 Å². The van der Waals surface area contributed by atoms with Gasteiger partial charge in [0.1, 0.15) is 0 Å². The Balaban J connectivity index is 6.72. The van der Waals surface area contributed by atoms with Crippen molar-refractivity contribution in [3.05, 3.63) is 10.6 Å². The van der Waals surface area contributed by atoms with Gasteiger partial charge in [0.2, 0.25) is 12.3 Å². The molecule has 19 heteroatoms. The Hall–Kier alpha value is -0.510. The van der Waals surface area contributed by atoms with Gasteiger partial charge < -0.3 is 0 Å². The number of alkyl halides is 17. The molecule has 3 atom stereocenters. The maximum Gasteiger partial charge on any atom is 0.433 e. The fourth-order valence-corrected chi connectivity index (χ4v) is 2.23. The van der Waals surface area contributed by atoms with Crippen LogP contribution in [0.4, 0.5) is 70.2 Å². The van der Waals surface area contributed by atoms with Crippen molar-refractivity contribution in [1.29, 1.82) is 0 Å². The van der Waals surface area contributed by atoms with Crippen molar-refractivity contribution in [3.8, 4) is 0 Å². The van der Waals surface area contributed by atoms with E-state index in [1.54, 1.807) is 0 Å². The van der Waals surface area contributed by atoms with E-state index in [4.69, 9.17) is 0 Å². The topological polar surface area (TPSA) is 0 Å². The third-order valence-corrected chi connectivity index (χ3v) is 4.25. The van der Waals surface area contributed by atoms with Crippen LogP contribution in [-0.2, 0) is 0 Å². The molecular weight excluding hydrogens is 542 g/mol. The highest BCUT2D eigenvalue weighted by molar-refractivity contribution is 6.37. The van der Waals surface area contributed by atoms with Crippen molar-refractivity contribution in [3.63, 3.8) is 0 Å².